The molecule has 3 heterocycles. The van der Waals surface area contributed by atoms with Crippen LogP contribution in [0, 0.1) is 6.92 Å². The molecule has 2 unspecified atom stereocenters. The van der Waals surface area contributed by atoms with E-state index in [0.717, 1.165) is 28.7 Å². The number of aromatic amines is 1. The number of aromatic nitrogens is 2. The Morgan fingerprint density at radius 2 is 1.93 bits per heavy atom. The zero-order chi connectivity index (χ0) is 20.4. The second-order valence-electron chi connectivity index (χ2n) is 6.98. The number of carbonyl (C=O) groups excluding carboxylic acids is 2. The van der Waals surface area contributed by atoms with Gasteiger partial charge in [0.15, 0.2) is 0 Å². The molecule has 3 aromatic rings. The van der Waals surface area contributed by atoms with Crippen molar-refractivity contribution in [1.29, 1.82) is 0 Å². The number of nitrogens with zero attached hydrogens (tertiary/aromatic N) is 1. The van der Waals surface area contributed by atoms with Crippen LogP contribution in [-0.2, 0) is 17.6 Å². The highest BCUT2D eigenvalue weighted by Gasteiger charge is 2.31. The third-order valence-electron chi connectivity index (χ3n) is 4.84. The van der Waals surface area contributed by atoms with Crippen molar-refractivity contribution in [2.75, 3.05) is 0 Å². The Balaban J connectivity index is 1.36. The van der Waals surface area contributed by atoms with Crippen LogP contribution in [0.2, 0.25) is 0 Å². The first-order chi connectivity index (χ1) is 14.0. The predicted octanol–water partition coefficient (Wildman–Crippen LogP) is 3.54. The normalized spacial score (nSPS) is 17.5. The first-order valence-electron chi connectivity index (χ1n) is 9.38. The van der Waals surface area contributed by atoms with Crippen molar-refractivity contribution in [2.45, 2.75) is 37.5 Å². The summed E-state index contributed by atoms with van der Waals surface area (Å²) < 4.78 is 5.72. The van der Waals surface area contributed by atoms with Crippen LogP contribution in [0.1, 0.15) is 35.4 Å². The minimum absolute atomic E-state index is 0.248. The summed E-state index contributed by atoms with van der Waals surface area (Å²) in [5, 5.41) is 12.2. The van der Waals surface area contributed by atoms with Crippen LogP contribution in [0.3, 0.4) is 0 Å². The van der Waals surface area contributed by atoms with Crippen molar-refractivity contribution in [3.8, 4) is 11.5 Å². The second kappa shape index (κ2) is 8.26. The lowest BCUT2D eigenvalue weighted by Crippen LogP contribution is -2.25. The topological polar surface area (TPSA) is 108 Å². The Labute approximate surface area is 171 Å². The fourth-order valence-corrected chi connectivity index (χ4v) is 4.18. The third-order valence-corrected chi connectivity index (χ3v) is 5.82. The summed E-state index contributed by atoms with van der Waals surface area (Å²) >= 11 is 1.02. The molecule has 4 rings (SSSR count). The largest absolute Gasteiger partial charge is 0.441 e. The lowest BCUT2D eigenvalue weighted by atomic mass is 10.1. The number of aryl methyl sites for hydroxylation is 2. The molecule has 0 spiro atoms. The van der Waals surface area contributed by atoms with Crippen molar-refractivity contribution in [3.05, 3.63) is 65.3 Å². The molecule has 1 aliphatic rings. The Hall–Kier alpha value is -2.84. The number of oxazole rings is 1. The zero-order valence-electron chi connectivity index (χ0n) is 15.8. The number of carbonyl (C=O) groups is 2. The zero-order valence-corrected chi connectivity index (χ0v) is 16.7. The van der Waals surface area contributed by atoms with Crippen LogP contribution in [-0.4, -0.2) is 31.5 Å². The average molecular weight is 411 g/mol. The number of amides is 2. The number of nitrogens with one attached hydrogen (secondary N) is 2. The first kappa shape index (κ1) is 19.5. The van der Waals surface area contributed by atoms with E-state index in [0.29, 0.717) is 36.6 Å². The van der Waals surface area contributed by atoms with E-state index in [1.807, 2.05) is 42.5 Å². The number of imide groups is 1. The van der Waals surface area contributed by atoms with Crippen molar-refractivity contribution >= 4 is 22.9 Å². The monoisotopic (exact) mass is 411 g/mol. The van der Waals surface area contributed by atoms with Gasteiger partial charge in [-0.2, -0.15) is 0 Å². The summed E-state index contributed by atoms with van der Waals surface area (Å²) in [6.07, 6.45) is 0.834. The summed E-state index contributed by atoms with van der Waals surface area (Å²) in [5.74, 6) is 0.862. The van der Waals surface area contributed by atoms with Crippen LogP contribution in [0.5, 0.6) is 0 Å². The van der Waals surface area contributed by atoms with Crippen molar-refractivity contribution in [1.82, 2.24) is 15.3 Å². The average Bonchev–Trinajstić information content (AvgIpc) is 3.40. The maximum atomic E-state index is 11.7. The molecule has 0 bridgehead atoms. The third kappa shape index (κ3) is 4.44. The van der Waals surface area contributed by atoms with Crippen molar-refractivity contribution in [2.24, 2.45) is 0 Å². The Bertz CT molecular complexity index is 1030. The van der Waals surface area contributed by atoms with Crippen LogP contribution in [0.25, 0.3) is 11.5 Å². The van der Waals surface area contributed by atoms with E-state index in [9.17, 15) is 14.7 Å². The number of thioether (sulfide) groups is 1. The van der Waals surface area contributed by atoms with Gasteiger partial charge in [-0.25, -0.2) is 4.98 Å². The number of benzene rings is 1. The van der Waals surface area contributed by atoms with Crippen LogP contribution >= 0.6 is 11.8 Å². The number of aliphatic hydroxyl groups is 1. The highest BCUT2D eigenvalue weighted by Crippen LogP contribution is 2.28. The molecule has 0 saturated carbocycles. The molecule has 2 amide bonds. The van der Waals surface area contributed by atoms with Crippen LogP contribution in [0.4, 0.5) is 4.79 Å². The van der Waals surface area contributed by atoms with E-state index < -0.39 is 11.4 Å². The smallest absolute Gasteiger partial charge is 0.286 e. The molecule has 2 aromatic heterocycles. The molecule has 0 aliphatic carbocycles. The van der Waals surface area contributed by atoms with Gasteiger partial charge in [-0.3, -0.25) is 14.9 Å². The van der Waals surface area contributed by atoms with E-state index in [-0.39, 0.29) is 11.1 Å². The molecular weight excluding hydrogens is 390 g/mol. The van der Waals surface area contributed by atoms with Gasteiger partial charge in [-0.05, 0) is 44.0 Å². The predicted molar refractivity (Wildman–Crippen MR) is 109 cm³/mol. The van der Waals surface area contributed by atoms with E-state index >= 15 is 0 Å². The summed E-state index contributed by atoms with van der Waals surface area (Å²) in [6.45, 7) is 1.80. The Morgan fingerprint density at radius 1 is 1.17 bits per heavy atom. The van der Waals surface area contributed by atoms with Crippen molar-refractivity contribution in [3.63, 3.8) is 0 Å². The maximum Gasteiger partial charge on any atom is 0.286 e. The minimum Gasteiger partial charge on any atom is -0.441 e. The fourth-order valence-electron chi connectivity index (χ4n) is 3.33. The number of hydrogen-bond donors (Lipinski definition) is 3. The summed E-state index contributed by atoms with van der Waals surface area (Å²) in [7, 11) is 0. The summed E-state index contributed by atoms with van der Waals surface area (Å²) in [6, 6.07) is 13.4. The molecule has 29 heavy (non-hydrogen) atoms. The summed E-state index contributed by atoms with van der Waals surface area (Å²) in [4.78, 5) is 30.7. The molecule has 150 valence electrons. The standard InChI is InChI=1S/C21H21N3O4S/c1-12-18(23-20(28-12)13-5-3-2-4-6-13)16(25)10-9-14-7-8-15(22-14)11-17-19(26)24-21(27)29-17/h2-8,16-17,22,25H,9-11H2,1H3,(H,24,26,27). The van der Waals surface area contributed by atoms with E-state index in [2.05, 4.69) is 15.3 Å². The molecule has 2 atom stereocenters. The maximum absolute atomic E-state index is 11.7. The quantitative estimate of drug-likeness (QED) is 0.549. The van der Waals surface area contributed by atoms with Gasteiger partial charge in [0.2, 0.25) is 11.8 Å². The van der Waals surface area contributed by atoms with E-state index in [1.54, 1.807) is 6.92 Å². The van der Waals surface area contributed by atoms with Crippen molar-refractivity contribution < 1.29 is 19.1 Å². The highest BCUT2D eigenvalue weighted by atomic mass is 32.2. The van der Waals surface area contributed by atoms with Crippen LogP contribution in [0.15, 0.2) is 46.9 Å². The van der Waals surface area contributed by atoms with Gasteiger partial charge in [-0.1, -0.05) is 30.0 Å². The van der Waals surface area contributed by atoms with Gasteiger partial charge in [0.25, 0.3) is 5.24 Å². The minimum atomic E-state index is -0.739. The molecule has 1 aromatic carbocycles. The van der Waals surface area contributed by atoms with E-state index in [4.69, 9.17) is 4.42 Å². The summed E-state index contributed by atoms with van der Waals surface area (Å²) in [5.41, 5.74) is 3.27. The number of rotatable bonds is 7. The fraction of sp³-hybridized carbons (Fsp3) is 0.286. The molecule has 1 aliphatic heterocycles. The van der Waals surface area contributed by atoms with Gasteiger partial charge in [-0.15, -0.1) is 0 Å². The molecular formula is C21H21N3O4S. The van der Waals surface area contributed by atoms with Gasteiger partial charge in [0, 0.05) is 23.4 Å². The first-order valence-corrected chi connectivity index (χ1v) is 10.3. The Morgan fingerprint density at radius 3 is 2.66 bits per heavy atom. The molecule has 0 radical (unpaired) electrons. The number of hydrogen-bond acceptors (Lipinski definition) is 6. The van der Waals surface area contributed by atoms with Gasteiger partial charge >= 0.3 is 0 Å². The Kier molecular flexibility index (Phi) is 5.55. The second-order valence-corrected chi connectivity index (χ2v) is 8.15. The SMILES string of the molecule is Cc1oc(-c2ccccc2)nc1C(O)CCc1ccc(CC2SC(=O)NC2=O)[nH]1. The van der Waals surface area contributed by atoms with E-state index in [1.165, 1.54) is 0 Å². The van der Waals surface area contributed by atoms with Gasteiger partial charge in [0.05, 0.1) is 11.4 Å². The lowest BCUT2D eigenvalue weighted by molar-refractivity contribution is -0.118. The molecule has 8 heteroatoms. The molecule has 1 saturated heterocycles. The van der Waals surface area contributed by atoms with Gasteiger partial charge in [0.1, 0.15) is 11.5 Å². The molecule has 1 fully saturated rings. The van der Waals surface area contributed by atoms with Crippen LogP contribution < -0.4 is 5.32 Å². The van der Waals surface area contributed by atoms with Gasteiger partial charge < -0.3 is 14.5 Å². The molecule has 7 nitrogen and oxygen atoms in total. The highest BCUT2D eigenvalue weighted by molar-refractivity contribution is 8.15. The lowest BCUT2D eigenvalue weighted by Gasteiger charge is -2.07. The molecule has 3 N–H and O–H groups in total. The number of aliphatic hydroxyl groups excluding tert-OH is 1. The number of H-pyrrole nitrogens is 1.